The molecule has 1 aliphatic rings. The Morgan fingerprint density at radius 3 is 2.63 bits per heavy atom. The average Bonchev–Trinajstić information content (AvgIpc) is 3.17. The van der Waals surface area contributed by atoms with Gasteiger partial charge in [-0.3, -0.25) is 9.89 Å². The number of halogens is 2. The van der Waals surface area contributed by atoms with E-state index < -0.39 is 0 Å². The van der Waals surface area contributed by atoms with Gasteiger partial charge in [-0.1, -0.05) is 35.9 Å². The molecule has 1 aromatic heterocycles. The number of benzene rings is 1. The Morgan fingerprint density at radius 1 is 1.19 bits per heavy atom. The van der Waals surface area contributed by atoms with Crippen LogP contribution in [0.1, 0.15) is 23.3 Å². The highest BCUT2D eigenvalue weighted by Gasteiger charge is 2.19. The minimum Gasteiger partial charge on any atom is -0.356 e. The number of nitrogens with one attached hydrogen (secondary N) is 2. The molecule has 0 aliphatic carbocycles. The van der Waals surface area contributed by atoms with Crippen molar-refractivity contribution in [1.29, 1.82) is 0 Å². The fourth-order valence-electron chi connectivity index (χ4n) is 3.25. The Balaban J connectivity index is 0.00000261. The van der Waals surface area contributed by atoms with Crippen LogP contribution in [0.5, 0.6) is 0 Å². The van der Waals surface area contributed by atoms with Crippen molar-refractivity contribution in [2.45, 2.75) is 25.9 Å². The van der Waals surface area contributed by atoms with Crippen LogP contribution in [0.25, 0.3) is 0 Å². The fraction of sp³-hybridized carbons (Fsp3) is 0.450. The Bertz CT molecular complexity index is 700. The second-order valence-electron chi connectivity index (χ2n) is 6.70. The number of nitrogens with zero attached hydrogens (tertiary/aromatic N) is 2. The van der Waals surface area contributed by atoms with Crippen molar-refractivity contribution < 1.29 is 0 Å². The Labute approximate surface area is 188 Å². The molecule has 2 N–H and O–H groups in total. The van der Waals surface area contributed by atoms with Gasteiger partial charge in [0.25, 0.3) is 0 Å². The summed E-state index contributed by atoms with van der Waals surface area (Å²) in [5.41, 5.74) is 1.08. The van der Waals surface area contributed by atoms with Gasteiger partial charge in [0.05, 0.1) is 0 Å². The van der Waals surface area contributed by atoms with Crippen LogP contribution in [0.2, 0.25) is 5.02 Å². The first-order valence-corrected chi connectivity index (χ1v) is 10.4. The molecule has 2 heterocycles. The van der Waals surface area contributed by atoms with Crippen LogP contribution in [-0.2, 0) is 13.1 Å². The summed E-state index contributed by atoms with van der Waals surface area (Å²) in [6, 6.07) is 12.3. The van der Waals surface area contributed by atoms with Crippen molar-refractivity contribution >= 4 is 52.9 Å². The average molecular weight is 519 g/mol. The quantitative estimate of drug-likeness (QED) is 0.334. The van der Waals surface area contributed by atoms with E-state index in [-0.39, 0.29) is 24.0 Å². The van der Waals surface area contributed by atoms with Gasteiger partial charge in [0, 0.05) is 36.6 Å². The molecule has 148 valence electrons. The summed E-state index contributed by atoms with van der Waals surface area (Å²) in [5.74, 6) is 1.54. The van der Waals surface area contributed by atoms with Gasteiger partial charge < -0.3 is 10.6 Å². The third kappa shape index (κ3) is 7.25. The number of likely N-dealkylation sites (tertiary alicyclic amines) is 1. The highest BCUT2D eigenvalue weighted by molar-refractivity contribution is 14.0. The van der Waals surface area contributed by atoms with Gasteiger partial charge >= 0.3 is 0 Å². The molecular weight excluding hydrogens is 491 g/mol. The van der Waals surface area contributed by atoms with Crippen LogP contribution in [0.15, 0.2) is 46.8 Å². The SMILES string of the molecule is CN=C(NCc1ccccc1Cl)NCC1CCN(Cc2cccs2)CC1.I. The van der Waals surface area contributed by atoms with Gasteiger partial charge in [-0.05, 0) is 54.9 Å². The van der Waals surface area contributed by atoms with Gasteiger partial charge in [-0.25, -0.2) is 0 Å². The summed E-state index contributed by atoms with van der Waals surface area (Å²) in [7, 11) is 1.81. The maximum absolute atomic E-state index is 6.21. The predicted molar refractivity (Wildman–Crippen MR) is 127 cm³/mol. The molecule has 1 saturated heterocycles. The van der Waals surface area contributed by atoms with Crippen molar-refractivity contribution in [1.82, 2.24) is 15.5 Å². The van der Waals surface area contributed by atoms with Crippen LogP contribution >= 0.6 is 46.9 Å². The number of rotatable bonds is 6. The van der Waals surface area contributed by atoms with E-state index in [4.69, 9.17) is 11.6 Å². The summed E-state index contributed by atoms with van der Waals surface area (Å²) in [5, 5.41) is 9.76. The molecule has 27 heavy (non-hydrogen) atoms. The largest absolute Gasteiger partial charge is 0.356 e. The molecule has 0 atom stereocenters. The van der Waals surface area contributed by atoms with Crippen molar-refractivity contribution in [3.05, 3.63) is 57.2 Å². The molecular formula is C20H28ClIN4S. The van der Waals surface area contributed by atoms with E-state index in [1.54, 1.807) is 0 Å². The van der Waals surface area contributed by atoms with Crippen LogP contribution in [-0.4, -0.2) is 37.5 Å². The topological polar surface area (TPSA) is 39.7 Å². The smallest absolute Gasteiger partial charge is 0.191 e. The molecule has 0 bridgehead atoms. The van der Waals surface area contributed by atoms with Crippen molar-refractivity contribution in [2.24, 2.45) is 10.9 Å². The van der Waals surface area contributed by atoms with E-state index >= 15 is 0 Å². The van der Waals surface area contributed by atoms with E-state index in [0.29, 0.717) is 12.5 Å². The number of piperidine rings is 1. The number of hydrogen-bond donors (Lipinski definition) is 2. The van der Waals surface area contributed by atoms with E-state index in [1.807, 2.05) is 42.6 Å². The monoisotopic (exact) mass is 518 g/mol. The molecule has 1 fully saturated rings. The minimum absolute atomic E-state index is 0. The molecule has 1 aromatic carbocycles. The van der Waals surface area contributed by atoms with Crippen LogP contribution in [0.4, 0.5) is 0 Å². The summed E-state index contributed by atoms with van der Waals surface area (Å²) in [4.78, 5) is 8.35. The van der Waals surface area contributed by atoms with Crippen LogP contribution in [0.3, 0.4) is 0 Å². The van der Waals surface area contributed by atoms with Crippen LogP contribution in [0, 0.1) is 5.92 Å². The predicted octanol–water partition coefficient (Wildman–Crippen LogP) is 4.60. The first kappa shape index (κ1) is 22.5. The Kier molecular flexibility index (Phi) is 9.89. The maximum atomic E-state index is 6.21. The lowest BCUT2D eigenvalue weighted by atomic mass is 9.97. The molecule has 0 saturated carbocycles. The fourth-order valence-corrected chi connectivity index (χ4v) is 4.20. The minimum atomic E-state index is 0. The lowest BCUT2D eigenvalue weighted by molar-refractivity contribution is 0.179. The lowest BCUT2D eigenvalue weighted by Gasteiger charge is -2.32. The maximum Gasteiger partial charge on any atom is 0.191 e. The zero-order valence-electron chi connectivity index (χ0n) is 15.7. The molecule has 1 aliphatic heterocycles. The zero-order valence-corrected chi connectivity index (χ0v) is 19.6. The first-order chi connectivity index (χ1) is 12.7. The molecule has 0 spiro atoms. The molecule has 0 unspecified atom stereocenters. The van der Waals surface area contributed by atoms with Gasteiger partial charge in [-0.15, -0.1) is 35.3 Å². The summed E-state index contributed by atoms with van der Waals surface area (Å²) < 4.78 is 0. The summed E-state index contributed by atoms with van der Waals surface area (Å²) >= 11 is 8.06. The van der Waals surface area contributed by atoms with Crippen molar-refractivity contribution in [3.63, 3.8) is 0 Å². The Morgan fingerprint density at radius 2 is 1.96 bits per heavy atom. The Hall–Kier alpha value is -0.830. The van der Waals surface area contributed by atoms with Gasteiger partial charge in [-0.2, -0.15) is 0 Å². The molecule has 2 aromatic rings. The highest BCUT2D eigenvalue weighted by atomic mass is 127. The van der Waals surface area contributed by atoms with E-state index in [1.165, 1.54) is 30.8 Å². The molecule has 4 nitrogen and oxygen atoms in total. The van der Waals surface area contributed by atoms with Gasteiger partial charge in [0.2, 0.25) is 0 Å². The lowest BCUT2D eigenvalue weighted by Crippen LogP contribution is -2.42. The second kappa shape index (κ2) is 11.9. The summed E-state index contributed by atoms with van der Waals surface area (Å²) in [6.45, 7) is 5.10. The van der Waals surface area contributed by atoms with E-state index in [0.717, 1.165) is 29.6 Å². The normalized spacial score (nSPS) is 16.0. The van der Waals surface area contributed by atoms with E-state index in [2.05, 4.69) is 38.0 Å². The van der Waals surface area contributed by atoms with Gasteiger partial charge in [0.1, 0.15) is 0 Å². The molecule has 7 heteroatoms. The number of guanidine groups is 1. The number of thiophene rings is 1. The molecule has 3 rings (SSSR count). The highest BCUT2D eigenvalue weighted by Crippen LogP contribution is 2.20. The third-order valence-electron chi connectivity index (χ3n) is 4.85. The third-order valence-corrected chi connectivity index (χ3v) is 6.08. The zero-order chi connectivity index (χ0) is 18.2. The van der Waals surface area contributed by atoms with Crippen molar-refractivity contribution in [2.75, 3.05) is 26.7 Å². The van der Waals surface area contributed by atoms with E-state index in [9.17, 15) is 0 Å². The molecule has 0 amide bonds. The van der Waals surface area contributed by atoms with Gasteiger partial charge in [0.15, 0.2) is 5.96 Å². The number of hydrogen-bond acceptors (Lipinski definition) is 3. The number of aliphatic imine (C=N–C) groups is 1. The second-order valence-corrected chi connectivity index (χ2v) is 8.14. The first-order valence-electron chi connectivity index (χ1n) is 9.17. The summed E-state index contributed by atoms with van der Waals surface area (Å²) in [6.07, 6.45) is 2.47. The van der Waals surface area contributed by atoms with Crippen LogP contribution < -0.4 is 10.6 Å². The standard InChI is InChI=1S/C20H27ClN4S.HI/c1-22-20(24-14-17-5-2-3-7-19(17)21)23-13-16-8-10-25(11-9-16)15-18-6-4-12-26-18;/h2-7,12,16H,8-11,13-15H2,1H3,(H2,22,23,24);1H. The molecule has 0 radical (unpaired) electrons. The van der Waals surface area contributed by atoms with Crippen molar-refractivity contribution in [3.8, 4) is 0 Å².